The summed E-state index contributed by atoms with van der Waals surface area (Å²) in [4.78, 5) is 19.9. The van der Waals surface area contributed by atoms with Crippen LogP contribution in [0.15, 0.2) is 48.7 Å². The van der Waals surface area contributed by atoms with Crippen LogP contribution in [0.4, 0.5) is 13.2 Å². The summed E-state index contributed by atoms with van der Waals surface area (Å²) in [7, 11) is 1.81. The van der Waals surface area contributed by atoms with E-state index in [4.69, 9.17) is 19.9 Å². The first-order chi connectivity index (χ1) is 18.4. The van der Waals surface area contributed by atoms with Crippen molar-refractivity contribution in [3.8, 4) is 34.3 Å². The van der Waals surface area contributed by atoms with E-state index < -0.39 is 35.0 Å². The quantitative estimate of drug-likeness (QED) is 0.228. The number of fused-ring (bicyclic) bond motifs is 1. The maximum absolute atomic E-state index is 15.9. The first-order valence-corrected chi connectivity index (χ1v) is 11.8. The number of hydrogen-bond acceptors (Lipinski definition) is 7. The molecule has 3 N–H and O–H groups in total. The first-order valence-electron chi connectivity index (χ1n) is 11.8. The van der Waals surface area contributed by atoms with Crippen LogP contribution in [0.1, 0.15) is 23.2 Å². The van der Waals surface area contributed by atoms with E-state index in [0.717, 1.165) is 18.2 Å². The Bertz CT molecular complexity index is 1530. The van der Waals surface area contributed by atoms with Crippen molar-refractivity contribution in [1.82, 2.24) is 15.3 Å². The van der Waals surface area contributed by atoms with Crippen molar-refractivity contribution < 1.29 is 32.2 Å². The molecule has 1 aliphatic rings. The van der Waals surface area contributed by atoms with Gasteiger partial charge in [0.2, 0.25) is 17.5 Å². The number of likely N-dealkylation sites (N-methyl/N-ethyl adjacent to an activating group) is 1. The summed E-state index contributed by atoms with van der Waals surface area (Å²) in [5.41, 5.74) is 5.09. The fourth-order valence-electron chi connectivity index (χ4n) is 3.82. The summed E-state index contributed by atoms with van der Waals surface area (Å²) in [6.07, 6.45) is 2.42. The first kappa shape index (κ1) is 25.3. The van der Waals surface area contributed by atoms with Crippen molar-refractivity contribution in [3.63, 3.8) is 0 Å². The number of pyridine rings is 2. The van der Waals surface area contributed by atoms with Crippen LogP contribution in [0, 0.1) is 17.6 Å². The number of nitrogens with two attached hydrogens (primary N) is 1. The minimum absolute atomic E-state index is 0.140. The Labute approximate surface area is 215 Å². The van der Waals surface area contributed by atoms with E-state index in [2.05, 4.69) is 15.3 Å². The summed E-state index contributed by atoms with van der Waals surface area (Å²) >= 11 is 0. The highest BCUT2D eigenvalue weighted by molar-refractivity contribution is 5.99. The van der Waals surface area contributed by atoms with Gasteiger partial charge in [0.15, 0.2) is 11.6 Å². The maximum Gasteiger partial charge on any atom is 0.250 e. The molecule has 1 amide bonds. The molecule has 0 radical (unpaired) electrons. The normalized spacial score (nSPS) is 12.9. The number of halogens is 3. The number of benzene rings is 2. The Balaban J connectivity index is 1.57. The van der Waals surface area contributed by atoms with Gasteiger partial charge in [0.1, 0.15) is 18.1 Å². The monoisotopic (exact) mass is 524 g/mol. The average Bonchev–Trinajstić information content (AvgIpc) is 3.72. The Morgan fingerprint density at radius 1 is 1.11 bits per heavy atom. The molecule has 0 bridgehead atoms. The molecule has 0 aliphatic heterocycles. The van der Waals surface area contributed by atoms with Crippen LogP contribution in [0.3, 0.4) is 0 Å². The Morgan fingerprint density at radius 3 is 2.66 bits per heavy atom. The van der Waals surface area contributed by atoms with E-state index in [1.807, 2.05) is 7.05 Å². The maximum atomic E-state index is 15.9. The van der Waals surface area contributed by atoms with Gasteiger partial charge in [-0.25, -0.2) is 9.37 Å². The number of carbonyl (C=O) groups excluding carboxylic acids is 1. The molecular formula is C27H23F3N4O4. The third-order valence-electron chi connectivity index (χ3n) is 5.83. The molecule has 1 aliphatic carbocycles. The molecule has 5 rings (SSSR count). The Morgan fingerprint density at radius 2 is 1.92 bits per heavy atom. The SMILES string of the molecule is CNCCOc1ccc2c(Oc3c(F)cc(-c4nc(F)ccc4C(N)=O)c(OC4CC4)c3F)ccnc2c1. The van der Waals surface area contributed by atoms with Gasteiger partial charge in [0.05, 0.1) is 22.9 Å². The highest BCUT2D eigenvalue weighted by Crippen LogP contribution is 2.44. The second kappa shape index (κ2) is 10.5. The molecule has 11 heteroatoms. The van der Waals surface area contributed by atoms with E-state index in [1.54, 1.807) is 18.2 Å². The lowest BCUT2D eigenvalue weighted by atomic mass is 10.0. The zero-order valence-corrected chi connectivity index (χ0v) is 20.3. The molecule has 0 atom stereocenters. The number of rotatable bonds is 10. The molecule has 2 aromatic carbocycles. The molecule has 0 saturated heterocycles. The Hall–Kier alpha value is -4.38. The minimum Gasteiger partial charge on any atom is -0.492 e. The lowest BCUT2D eigenvalue weighted by Crippen LogP contribution is -2.15. The van der Waals surface area contributed by atoms with Gasteiger partial charge >= 0.3 is 0 Å². The number of amides is 1. The van der Waals surface area contributed by atoms with Crippen molar-refractivity contribution in [2.75, 3.05) is 20.2 Å². The van der Waals surface area contributed by atoms with Gasteiger partial charge in [-0.1, -0.05) is 0 Å². The van der Waals surface area contributed by atoms with Crippen molar-refractivity contribution in [2.24, 2.45) is 5.73 Å². The van der Waals surface area contributed by atoms with Crippen LogP contribution in [0.25, 0.3) is 22.2 Å². The van der Waals surface area contributed by atoms with E-state index in [-0.39, 0.29) is 28.7 Å². The van der Waals surface area contributed by atoms with Gasteiger partial charge in [-0.3, -0.25) is 9.78 Å². The van der Waals surface area contributed by atoms with Crippen molar-refractivity contribution >= 4 is 16.8 Å². The van der Waals surface area contributed by atoms with Gasteiger partial charge < -0.3 is 25.3 Å². The highest BCUT2D eigenvalue weighted by Gasteiger charge is 2.31. The highest BCUT2D eigenvalue weighted by atomic mass is 19.1. The molecule has 0 spiro atoms. The predicted molar refractivity (Wildman–Crippen MR) is 133 cm³/mol. The molecule has 38 heavy (non-hydrogen) atoms. The number of nitrogens with zero attached hydrogens (tertiary/aromatic N) is 2. The molecule has 2 aromatic heterocycles. The summed E-state index contributed by atoms with van der Waals surface area (Å²) < 4.78 is 62.3. The summed E-state index contributed by atoms with van der Waals surface area (Å²) in [5.74, 6) is -4.60. The zero-order chi connectivity index (χ0) is 26.8. The van der Waals surface area contributed by atoms with Crippen molar-refractivity contribution in [1.29, 1.82) is 0 Å². The number of hydrogen-bond donors (Lipinski definition) is 2. The summed E-state index contributed by atoms with van der Waals surface area (Å²) in [6.45, 7) is 1.10. The molecular weight excluding hydrogens is 501 g/mol. The zero-order valence-electron chi connectivity index (χ0n) is 20.3. The van der Waals surface area contributed by atoms with Crippen LogP contribution in [-0.4, -0.2) is 42.2 Å². The standard InChI is InChI=1S/C27H23F3N4O4/c1-32-10-11-36-15-4-5-16-20(12-15)33-9-8-21(16)38-26-19(28)13-18(25(23(26)30)37-14-2-3-14)24-17(27(31)35)6-7-22(29)34-24/h4-9,12-14,32H,2-3,10-11H2,1H3,(H2,31,35). The van der Waals surface area contributed by atoms with Gasteiger partial charge in [-0.05, 0) is 56.3 Å². The van der Waals surface area contributed by atoms with Gasteiger partial charge in [0, 0.05) is 29.8 Å². The fraction of sp³-hybridized carbons (Fsp3) is 0.222. The number of nitrogens with one attached hydrogen (secondary N) is 1. The van der Waals surface area contributed by atoms with Gasteiger partial charge in [0.25, 0.3) is 5.91 Å². The van der Waals surface area contributed by atoms with E-state index in [1.165, 1.54) is 12.3 Å². The number of ether oxygens (including phenoxy) is 3. The molecule has 196 valence electrons. The lowest BCUT2D eigenvalue weighted by Gasteiger charge is -2.17. The topological polar surface area (TPSA) is 109 Å². The van der Waals surface area contributed by atoms with Gasteiger partial charge in [-0.2, -0.15) is 8.78 Å². The largest absolute Gasteiger partial charge is 0.492 e. The molecule has 2 heterocycles. The van der Waals surface area contributed by atoms with Gasteiger partial charge in [-0.15, -0.1) is 0 Å². The minimum atomic E-state index is -1.16. The van der Waals surface area contributed by atoms with Crippen molar-refractivity contribution in [2.45, 2.75) is 18.9 Å². The third-order valence-corrected chi connectivity index (χ3v) is 5.83. The van der Waals surface area contributed by atoms with E-state index in [0.29, 0.717) is 42.6 Å². The molecule has 1 fully saturated rings. The lowest BCUT2D eigenvalue weighted by molar-refractivity contribution is 0.100. The van der Waals surface area contributed by atoms with E-state index in [9.17, 15) is 9.18 Å². The summed E-state index contributed by atoms with van der Waals surface area (Å²) in [5, 5.41) is 3.47. The number of aromatic nitrogens is 2. The van der Waals surface area contributed by atoms with Crippen LogP contribution < -0.4 is 25.3 Å². The number of carbonyl (C=O) groups is 1. The average molecular weight is 524 g/mol. The molecule has 1 saturated carbocycles. The van der Waals surface area contributed by atoms with Crippen LogP contribution in [-0.2, 0) is 0 Å². The van der Waals surface area contributed by atoms with Crippen LogP contribution >= 0.6 is 0 Å². The predicted octanol–water partition coefficient (Wildman–Crippen LogP) is 4.74. The Kier molecular flexibility index (Phi) is 7.01. The molecule has 4 aromatic rings. The molecule has 0 unspecified atom stereocenters. The van der Waals surface area contributed by atoms with Crippen LogP contribution in [0.2, 0.25) is 0 Å². The van der Waals surface area contributed by atoms with E-state index >= 15 is 8.78 Å². The molecule has 8 nitrogen and oxygen atoms in total. The summed E-state index contributed by atoms with van der Waals surface area (Å²) in [6, 6.07) is 9.45. The third kappa shape index (κ3) is 5.18. The van der Waals surface area contributed by atoms with Crippen molar-refractivity contribution in [3.05, 3.63) is 71.8 Å². The fourth-order valence-corrected chi connectivity index (χ4v) is 3.82. The second-order valence-electron chi connectivity index (χ2n) is 8.63. The number of primary amides is 1. The smallest absolute Gasteiger partial charge is 0.250 e. The van der Waals surface area contributed by atoms with Crippen LogP contribution in [0.5, 0.6) is 23.0 Å². The second-order valence-corrected chi connectivity index (χ2v) is 8.63.